The van der Waals surface area contributed by atoms with Crippen LogP contribution in [-0.4, -0.2) is 18.9 Å². The molecule has 0 saturated heterocycles. The van der Waals surface area contributed by atoms with E-state index in [4.69, 9.17) is 0 Å². The molecular weight excluding hydrogens is 162 g/mol. The van der Waals surface area contributed by atoms with Crippen LogP contribution in [0.3, 0.4) is 0 Å². The van der Waals surface area contributed by atoms with Crippen LogP contribution in [0.2, 0.25) is 0 Å². The van der Waals surface area contributed by atoms with Crippen LogP contribution < -0.4 is 5.32 Å². The lowest BCUT2D eigenvalue weighted by atomic mass is 10.1. The maximum Gasteiger partial charge on any atom is 0.146 e. The van der Waals surface area contributed by atoms with Crippen molar-refractivity contribution >= 4 is 5.78 Å². The lowest BCUT2D eigenvalue weighted by Gasteiger charge is -2.01. The number of ketones is 1. The number of rotatable bonds is 9. The van der Waals surface area contributed by atoms with Crippen molar-refractivity contribution in [1.29, 1.82) is 0 Å². The predicted octanol–water partition coefficient (Wildman–Crippen LogP) is 2.53. The highest BCUT2D eigenvalue weighted by Gasteiger charge is 1.99. The van der Waals surface area contributed by atoms with Gasteiger partial charge in [0.05, 0.1) is 6.54 Å². The van der Waals surface area contributed by atoms with Crippen molar-refractivity contribution < 1.29 is 4.79 Å². The molecular formula is C11H23NO. The lowest BCUT2D eigenvalue weighted by Crippen LogP contribution is -2.23. The maximum absolute atomic E-state index is 11.2. The Labute approximate surface area is 82.1 Å². The van der Waals surface area contributed by atoms with Crippen LogP contribution in [0.1, 0.15) is 52.4 Å². The summed E-state index contributed by atoms with van der Waals surface area (Å²) in [6.07, 6.45) is 6.63. The molecule has 0 atom stereocenters. The summed E-state index contributed by atoms with van der Waals surface area (Å²) in [5.74, 6) is 0.365. The molecule has 0 aromatic heterocycles. The first kappa shape index (κ1) is 12.6. The fourth-order valence-corrected chi connectivity index (χ4v) is 1.24. The van der Waals surface area contributed by atoms with Crippen LogP contribution in [-0.2, 0) is 4.79 Å². The Balaban J connectivity index is 3.11. The number of hydrogen-bond donors (Lipinski definition) is 1. The Morgan fingerprint density at radius 1 is 1.08 bits per heavy atom. The van der Waals surface area contributed by atoms with E-state index in [0.29, 0.717) is 12.3 Å². The monoisotopic (exact) mass is 185 g/mol. The zero-order valence-electron chi connectivity index (χ0n) is 9.07. The van der Waals surface area contributed by atoms with E-state index in [2.05, 4.69) is 19.2 Å². The van der Waals surface area contributed by atoms with Crippen molar-refractivity contribution in [2.24, 2.45) is 0 Å². The average Bonchev–Trinajstić information content (AvgIpc) is 2.13. The van der Waals surface area contributed by atoms with Gasteiger partial charge in [0.15, 0.2) is 0 Å². The van der Waals surface area contributed by atoms with Gasteiger partial charge in [-0.2, -0.15) is 0 Å². The molecule has 0 amide bonds. The van der Waals surface area contributed by atoms with Crippen molar-refractivity contribution in [3.63, 3.8) is 0 Å². The molecule has 0 bridgehead atoms. The van der Waals surface area contributed by atoms with Crippen molar-refractivity contribution in [3.8, 4) is 0 Å². The van der Waals surface area contributed by atoms with Gasteiger partial charge in [0.2, 0.25) is 0 Å². The van der Waals surface area contributed by atoms with Crippen LogP contribution in [0.5, 0.6) is 0 Å². The predicted molar refractivity (Wildman–Crippen MR) is 56.9 cm³/mol. The summed E-state index contributed by atoms with van der Waals surface area (Å²) < 4.78 is 0. The molecule has 0 heterocycles. The number of hydrogen-bond acceptors (Lipinski definition) is 2. The van der Waals surface area contributed by atoms with E-state index in [1.807, 2.05) is 0 Å². The van der Waals surface area contributed by atoms with Crippen LogP contribution in [0, 0.1) is 0 Å². The highest BCUT2D eigenvalue weighted by molar-refractivity contribution is 5.80. The topological polar surface area (TPSA) is 29.1 Å². The summed E-state index contributed by atoms with van der Waals surface area (Å²) in [4.78, 5) is 11.2. The molecule has 2 nitrogen and oxygen atoms in total. The summed E-state index contributed by atoms with van der Waals surface area (Å²) in [6, 6.07) is 0. The SMILES string of the molecule is CCCCCCC(=O)CNCCC. The molecule has 0 rings (SSSR count). The molecule has 2 heteroatoms. The van der Waals surface area contributed by atoms with E-state index in [1.54, 1.807) is 0 Å². The van der Waals surface area contributed by atoms with Gasteiger partial charge in [0.1, 0.15) is 5.78 Å². The van der Waals surface area contributed by atoms with Crippen molar-refractivity contribution in [2.75, 3.05) is 13.1 Å². The summed E-state index contributed by atoms with van der Waals surface area (Å²) in [5.41, 5.74) is 0. The Bertz CT molecular complexity index is 123. The minimum Gasteiger partial charge on any atom is -0.310 e. The largest absolute Gasteiger partial charge is 0.310 e. The van der Waals surface area contributed by atoms with E-state index in [1.165, 1.54) is 19.3 Å². The fraction of sp³-hybridized carbons (Fsp3) is 0.909. The zero-order valence-corrected chi connectivity index (χ0v) is 9.07. The minimum absolute atomic E-state index is 0.365. The molecule has 13 heavy (non-hydrogen) atoms. The number of carbonyl (C=O) groups excluding carboxylic acids is 1. The van der Waals surface area contributed by atoms with E-state index in [-0.39, 0.29) is 0 Å². The van der Waals surface area contributed by atoms with Crippen LogP contribution in [0.4, 0.5) is 0 Å². The van der Waals surface area contributed by atoms with E-state index in [0.717, 1.165) is 25.8 Å². The van der Waals surface area contributed by atoms with Gasteiger partial charge in [-0.1, -0.05) is 33.1 Å². The molecule has 0 unspecified atom stereocenters. The second-order valence-corrected chi connectivity index (χ2v) is 3.53. The van der Waals surface area contributed by atoms with Crippen molar-refractivity contribution in [1.82, 2.24) is 5.32 Å². The van der Waals surface area contributed by atoms with E-state index in [9.17, 15) is 4.79 Å². The number of carbonyl (C=O) groups is 1. The maximum atomic E-state index is 11.2. The highest BCUT2D eigenvalue weighted by Crippen LogP contribution is 2.02. The summed E-state index contributed by atoms with van der Waals surface area (Å²) >= 11 is 0. The first-order valence-electron chi connectivity index (χ1n) is 5.53. The van der Waals surface area contributed by atoms with Gasteiger partial charge in [-0.3, -0.25) is 4.79 Å². The molecule has 0 fully saturated rings. The van der Waals surface area contributed by atoms with Gasteiger partial charge < -0.3 is 5.32 Å². The normalized spacial score (nSPS) is 10.3. The number of Topliss-reactive ketones (excluding diaryl/α,β-unsaturated/α-hetero) is 1. The third-order valence-electron chi connectivity index (χ3n) is 2.06. The smallest absolute Gasteiger partial charge is 0.146 e. The van der Waals surface area contributed by atoms with Crippen molar-refractivity contribution in [2.45, 2.75) is 52.4 Å². The Kier molecular flexibility index (Phi) is 9.44. The molecule has 0 radical (unpaired) electrons. The highest BCUT2D eigenvalue weighted by atomic mass is 16.1. The molecule has 0 saturated carbocycles. The second-order valence-electron chi connectivity index (χ2n) is 3.53. The summed E-state index contributed by atoms with van der Waals surface area (Å²) in [5, 5.41) is 3.13. The average molecular weight is 185 g/mol. The van der Waals surface area contributed by atoms with E-state index >= 15 is 0 Å². The molecule has 78 valence electrons. The Morgan fingerprint density at radius 3 is 2.46 bits per heavy atom. The van der Waals surface area contributed by atoms with Gasteiger partial charge in [-0.05, 0) is 19.4 Å². The number of unbranched alkanes of at least 4 members (excludes halogenated alkanes) is 3. The van der Waals surface area contributed by atoms with Gasteiger partial charge >= 0.3 is 0 Å². The van der Waals surface area contributed by atoms with E-state index < -0.39 is 0 Å². The number of nitrogens with one attached hydrogen (secondary N) is 1. The van der Waals surface area contributed by atoms with Crippen molar-refractivity contribution in [3.05, 3.63) is 0 Å². The molecule has 0 aliphatic carbocycles. The molecule has 1 N–H and O–H groups in total. The lowest BCUT2D eigenvalue weighted by molar-refractivity contribution is -0.118. The first-order chi connectivity index (χ1) is 6.31. The van der Waals surface area contributed by atoms with Gasteiger partial charge in [0, 0.05) is 6.42 Å². The fourth-order valence-electron chi connectivity index (χ4n) is 1.24. The van der Waals surface area contributed by atoms with Crippen LogP contribution >= 0.6 is 0 Å². The second kappa shape index (κ2) is 9.72. The molecule has 0 spiro atoms. The summed E-state index contributed by atoms with van der Waals surface area (Å²) in [6.45, 7) is 5.82. The standard InChI is InChI=1S/C11H23NO/c1-3-5-6-7-8-11(13)10-12-9-4-2/h12H,3-10H2,1-2H3. The molecule has 0 aliphatic rings. The zero-order chi connectivity index (χ0) is 9.94. The summed E-state index contributed by atoms with van der Waals surface area (Å²) in [7, 11) is 0. The molecule has 0 aliphatic heterocycles. The molecule has 0 aromatic carbocycles. The van der Waals surface area contributed by atoms with Crippen LogP contribution in [0.15, 0.2) is 0 Å². The van der Waals surface area contributed by atoms with Gasteiger partial charge in [-0.25, -0.2) is 0 Å². The molecule has 0 aromatic rings. The first-order valence-corrected chi connectivity index (χ1v) is 5.53. The van der Waals surface area contributed by atoms with Crippen LogP contribution in [0.25, 0.3) is 0 Å². The Hall–Kier alpha value is -0.370. The van der Waals surface area contributed by atoms with Gasteiger partial charge in [-0.15, -0.1) is 0 Å². The third-order valence-corrected chi connectivity index (χ3v) is 2.06. The quantitative estimate of drug-likeness (QED) is 0.559. The minimum atomic E-state index is 0.365. The van der Waals surface area contributed by atoms with Gasteiger partial charge in [0.25, 0.3) is 0 Å². The third kappa shape index (κ3) is 9.54. The Morgan fingerprint density at radius 2 is 1.85 bits per heavy atom.